The minimum atomic E-state index is -3.46. The summed E-state index contributed by atoms with van der Waals surface area (Å²) in [7, 11) is -0.374. The normalized spacial score (nSPS) is 14.7. The van der Waals surface area contributed by atoms with E-state index in [1.807, 2.05) is 0 Å². The van der Waals surface area contributed by atoms with Crippen LogP contribution in [0.1, 0.15) is 10.4 Å². The lowest BCUT2D eigenvalue weighted by molar-refractivity contribution is 0.0659. The lowest BCUT2D eigenvalue weighted by atomic mass is 10.1. The first-order valence-electron chi connectivity index (χ1n) is 7.77. The molecule has 0 aromatic heterocycles. The maximum absolute atomic E-state index is 12.6. The van der Waals surface area contributed by atoms with E-state index >= 15 is 0 Å². The van der Waals surface area contributed by atoms with Crippen LogP contribution in [-0.2, 0) is 9.84 Å². The second-order valence-corrected chi connectivity index (χ2v) is 8.01. The molecule has 0 bridgehead atoms. The molecule has 2 aromatic carbocycles. The largest absolute Gasteiger partial charge is 0.497 e. The Hall–Kier alpha value is -2.54. The monoisotopic (exact) mass is 361 g/mol. The zero-order valence-corrected chi connectivity index (χ0v) is 14.8. The molecule has 132 valence electrons. The lowest BCUT2D eigenvalue weighted by Gasteiger charge is -2.38. The Morgan fingerprint density at radius 2 is 1.40 bits per heavy atom. The molecule has 0 aliphatic carbocycles. The number of carbonyl (C=O) groups is 1. The van der Waals surface area contributed by atoms with E-state index < -0.39 is 15.1 Å². The van der Waals surface area contributed by atoms with Gasteiger partial charge in [0.1, 0.15) is 16.7 Å². The fourth-order valence-corrected chi connectivity index (χ4v) is 4.33. The molecule has 25 heavy (non-hydrogen) atoms. The summed E-state index contributed by atoms with van der Waals surface area (Å²) in [5.74, 6) is 1.09. The van der Waals surface area contributed by atoms with Crippen LogP contribution in [0.5, 0.6) is 11.5 Å². The highest BCUT2D eigenvalue weighted by Crippen LogP contribution is 2.26. The summed E-state index contributed by atoms with van der Waals surface area (Å²) in [4.78, 5) is 14.2. The Bertz CT molecular complexity index is 853. The van der Waals surface area contributed by atoms with Crippen molar-refractivity contribution in [1.82, 2.24) is 4.90 Å². The summed E-state index contributed by atoms with van der Waals surface area (Å²) >= 11 is 0. The molecule has 0 saturated carbocycles. The van der Waals surface area contributed by atoms with Crippen LogP contribution in [0.15, 0.2) is 53.4 Å². The molecule has 1 amide bonds. The number of rotatable bonds is 5. The SMILES string of the molecule is COc1ccc(C(=O)N2CC(S(=O)(=O)c3ccc(OC)cc3)C2)cc1. The van der Waals surface area contributed by atoms with E-state index in [1.165, 1.54) is 24.1 Å². The second-order valence-electron chi connectivity index (χ2n) is 5.78. The standard InChI is InChI=1S/C18H19NO5S/c1-23-14-5-3-13(4-6-14)18(20)19-11-17(12-19)25(21,22)16-9-7-15(24-2)8-10-16/h3-10,17H,11-12H2,1-2H3. The van der Waals surface area contributed by atoms with Crippen LogP contribution in [0.2, 0.25) is 0 Å². The quantitative estimate of drug-likeness (QED) is 0.814. The predicted molar refractivity (Wildman–Crippen MR) is 92.9 cm³/mol. The summed E-state index contributed by atoms with van der Waals surface area (Å²) in [6.45, 7) is 0.387. The molecule has 1 fully saturated rings. The molecule has 3 rings (SSSR count). The van der Waals surface area contributed by atoms with Crippen LogP contribution in [0.4, 0.5) is 0 Å². The van der Waals surface area contributed by atoms with E-state index in [0.29, 0.717) is 17.1 Å². The van der Waals surface area contributed by atoms with Crippen LogP contribution in [0.3, 0.4) is 0 Å². The van der Waals surface area contributed by atoms with Gasteiger partial charge in [-0.1, -0.05) is 0 Å². The van der Waals surface area contributed by atoms with Gasteiger partial charge in [0.2, 0.25) is 0 Å². The first-order valence-corrected chi connectivity index (χ1v) is 9.31. The Morgan fingerprint density at radius 1 is 0.920 bits per heavy atom. The topological polar surface area (TPSA) is 72.9 Å². The summed E-state index contributed by atoms with van der Waals surface area (Å²) in [6, 6.07) is 13.1. The van der Waals surface area contributed by atoms with Crippen molar-refractivity contribution in [2.24, 2.45) is 0 Å². The van der Waals surface area contributed by atoms with Crippen molar-refractivity contribution < 1.29 is 22.7 Å². The first kappa shape index (κ1) is 17.3. The van der Waals surface area contributed by atoms with E-state index in [1.54, 1.807) is 43.5 Å². The molecule has 1 aliphatic rings. The average molecular weight is 361 g/mol. The molecule has 0 N–H and O–H groups in total. The van der Waals surface area contributed by atoms with Crippen LogP contribution >= 0.6 is 0 Å². The molecule has 0 spiro atoms. The third kappa shape index (κ3) is 3.32. The van der Waals surface area contributed by atoms with Crippen molar-refractivity contribution in [3.63, 3.8) is 0 Å². The van der Waals surface area contributed by atoms with Gasteiger partial charge in [0.15, 0.2) is 9.84 Å². The fraction of sp³-hybridized carbons (Fsp3) is 0.278. The Labute approximate surface area is 146 Å². The molecule has 0 radical (unpaired) electrons. The minimum absolute atomic E-state index is 0.177. The van der Waals surface area contributed by atoms with Gasteiger partial charge in [-0.2, -0.15) is 0 Å². The van der Waals surface area contributed by atoms with Crippen LogP contribution in [0.25, 0.3) is 0 Å². The van der Waals surface area contributed by atoms with Gasteiger partial charge in [0.25, 0.3) is 5.91 Å². The van der Waals surface area contributed by atoms with Gasteiger partial charge in [0, 0.05) is 18.7 Å². The van der Waals surface area contributed by atoms with Crippen molar-refractivity contribution in [3.05, 3.63) is 54.1 Å². The fourth-order valence-electron chi connectivity index (χ4n) is 2.67. The van der Waals surface area contributed by atoms with Gasteiger partial charge in [-0.25, -0.2) is 8.42 Å². The van der Waals surface area contributed by atoms with Crippen molar-refractivity contribution in [2.75, 3.05) is 27.3 Å². The van der Waals surface area contributed by atoms with Gasteiger partial charge < -0.3 is 14.4 Å². The van der Waals surface area contributed by atoms with Gasteiger partial charge >= 0.3 is 0 Å². The molecule has 0 unspecified atom stereocenters. The maximum atomic E-state index is 12.6. The molecular formula is C18H19NO5S. The Balaban J connectivity index is 1.66. The number of benzene rings is 2. The number of likely N-dealkylation sites (tertiary alicyclic amines) is 1. The van der Waals surface area contributed by atoms with Crippen LogP contribution in [-0.4, -0.2) is 51.8 Å². The third-order valence-corrected chi connectivity index (χ3v) is 6.40. The van der Waals surface area contributed by atoms with Crippen LogP contribution < -0.4 is 9.47 Å². The smallest absolute Gasteiger partial charge is 0.253 e. The molecule has 1 saturated heterocycles. The van der Waals surface area contributed by atoms with Crippen molar-refractivity contribution in [3.8, 4) is 11.5 Å². The number of carbonyl (C=O) groups excluding carboxylic acids is 1. The third-order valence-electron chi connectivity index (χ3n) is 4.30. The Kier molecular flexibility index (Phi) is 4.67. The number of nitrogens with zero attached hydrogens (tertiary/aromatic N) is 1. The number of amides is 1. The molecular weight excluding hydrogens is 342 g/mol. The molecule has 1 heterocycles. The van der Waals surface area contributed by atoms with E-state index in [9.17, 15) is 13.2 Å². The first-order chi connectivity index (χ1) is 12.0. The predicted octanol–water partition coefficient (Wildman–Crippen LogP) is 2.00. The lowest BCUT2D eigenvalue weighted by Crippen LogP contribution is -2.56. The van der Waals surface area contributed by atoms with Gasteiger partial charge in [-0.05, 0) is 48.5 Å². The van der Waals surface area contributed by atoms with Gasteiger partial charge in [0.05, 0.1) is 19.1 Å². The summed E-state index contributed by atoms with van der Waals surface area (Å²) < 4.78 is 35.3. The van der Waals surface area contributed by atoms with Crippen molar-refractivity contribution in [2.45, 2.75) is 10.1 Å². The van der Waals surface area contributed by atoms with E-state index in [4.69, 9.17) is 9.47 Å². The summed E-state index contributed by atoms with van der Waals surface area (Å²) in [5.41, 5.74) is 0.515. The maximum Gasteiger partial charge on any atom is 0.253 e. The second kappa shape index (κ2) is 6.76. The van der Waals surface area contributed by atoms with E-state index in [2.05, 4.69) is 0 Å². The minimum Gasteiger partial charge on any atom is -0.497 e. The summed E-state index contributed by atoms with van der Waals surface area (Å²) in [6.07, 6.45) is 0. The highest BCUT2D eigenvalue weighted by atomic mass is 32.2. The molecule has 2 aromatic rings. The molecule has 0 atom stereocenters. The van der Waals surface area contributed by atoms with E-state index in [0.717, 1.165) is 0 Å². The van der Waals surface area contributed by atoms with Crippen LogP contribution in [0, 0.1) is 0 Å². The number of methoxy groups -OCH3 is 2. The Morgan fingerprint density at radius 3 is 1.88 bits per heavy atom. The van der Waals surface area contributed by atoms with Gasteiger partial charge in [-0.15, -0.1) is 0 Å². The summed E-state index contributed by atoms with van der Waals surface area (Å²) in [5, 5.41) is -0.580. The number of ether oxygens (including phenoxy) is 2. The number of hydrogen-bond donors (Lipinski definition) is 0. The number of sulfone groups is 1. The zero-order chi connectivity index (χ0) is 18.0. The number of hydrogen-bond acceptors (Lipinski definition) is 5. The highest BCUT2D eigenvalue weighted by molar-refractivity contribution is 7.92. The van der Waals surface area contributed by atoms with Crippen molar-refractivity contribution >= 4 is 15.7 Å². The van der Waals surface area contributed by atoms with Crippen molar-refractivity contribution in [1.29, 1.82) is 0 Å². The zero-order valence-electron chi connectivity index (χ0n) is 14.0. The molecule has 1 aliphatic heterocycles. The molecule has 7 heteroatoms. The highest BCUT2D eigenvalue weighted by Gasteiger charge is 2.40. The molecule has 6 nitrogen and oxygen atoms in total. The van der Waals surface area contributed by atoms with E-state index in [-0.39, 0.29) is 23.9 Å². The average Bonchev–Trinajstić information content (AvgIpc) is 2.60. The van der Waals surface area contributed by atoms with Gasteiger partial charge in [-0.3, -0.25) is 4.79 Å².